The zero-order chi connectivity index (χ0) is 17.9. The second-order valence-electron chi connectivity index (χ2n) is 7.15. The van der Waals surface area contributed by atoms with Crippen LogP contribution in [0.4, 0.5) is 5.69 Å². The number of hydrogen-bond donors (Lipinski definition) is 2. The summed E-state index contributed by atoms with van der Waals surface area (Å²) in [7, 11) is 0. The Kier molecular flexibility index (Phi) is 5.86. The number of amides is 2. The third kappa shape index (κ3) is 4.08. The number of piperidine rings is 1. The van der Waals surface area contributed by atoms with Crippen LogP contribution in [0.1, 0.15) is 49.5 Å². The van der Waals surface area contributed by atoms with Crippen molar-refractivity contribution in [3.63, 3.8) is 0 Å². The fourth-order valence-corrected chi connectivity index (χ4v) is 3.00. The molecule has 1 saturated heterocycles. The van der Waals surface area contributed by atoms with Crippen LogP contribution in [0.3, 0.4) is 0 Å². The molecule has 24 heavy (non-hydrogen) atoms. The second kappa shape index (κ2) is 7.69. The lowest BCUT2D eigenvalue weighted by Gasteiger charge is -2.32. The molecule has 0 bridgehead atoms. The molecular weight excluding hydrogens is 302 g/mol. The number of carbonyl (C=O) groups is 2. The molecule has 1 aromatic carbocycles. The number of nitrogens with one attached hydrogen (secondary N) is 1. The molecule has 0 aromatic heterocycles. The minimum absolute atomic E-state index is 0.0145. The zero-order valence-corrected chi connectivity index (χ0v) is 15.1. The van der Waals surface area contributed by atoms with E-state index in [-0.39, 0.29) is 17.7 Å². The van der Waals surface area contributed by atoms with Crippen molar-refractivity contribution in [2.45, 2.75) is 46.6 Å². The van der Waals surface area contributed by atoms with Gasteiger partial charge < -0.3 is 16.0 Å². The molecule has 3 N–H and O–H groups in total. The van der Waals surface area contributed by atoms with Gasteiger partial charge in [0.25, 0.3) is 5.91 Å². The molecule has 2 rings (SSSR count). The largest absolute Gasteiger partial charge is 0.382 e. The van der Waals surface area contributed by atoms with Crippen molar-refractivity contribution < 1.29 is 9.59 Å². The standard InChI is InChI=1S/C19H29N3O2/c1-12(2)14(4)21-17-9-5-8-16(13(17)3)19(24)22-10-6-7-15(11-22)18(20)23/h5,8-9,12,14-15,21H,6-7,10-11H2,1-4H3,(H2,20,23). The number of primary amides is 1. The number of anilines is 1. The molecule has 1 fully saturated rings. The van der Waals surface area contributed by atoms with Crippen LogP contribution in [0, 0.1) is 18.8 Å². The SMILES string of the molecule is Cc1c(NC(C)C(C)C)cccc1C(=O)N1CCCC(C(N)=O)C1. The Morgan fingerprint density at radius 1 is 1.29 bits per heavy atom. The van der Waals surface area contributed by atoms with E-state index in [0.717, 1.165) is 24.1 Å². The first kappa shape index (κ1) is 18.3. The molecule has 0 radical (unpaired) electrons. The van der Waals surface area contributed by atoms with Gasteiger partial charge in [0.1, 0.15) is 0 Å². The molecule has 0 aliphatic carbocycles. The highest BCUT2D eigenvalue weighted by Gasteiger charge is 2.28. The molecule has 2 amide bonds. The summed E-state index contributed by atoms with van der Waals surface area (Å²) in [5.74, 6) is -0.0582. The van der Waals surface area contributed by atoms with Gasteiger partial charge in [-0.3, -0.25) is 9.59 Å². The Bertz CT molecular complexity index is 613. The van der Waals surface area contributed by atoms with Crippen molar-refractivity contribution in [1.29, 1.82) is 0 Å². The van der Waals surface area contributed by atoms with Crippen LogP contribution in [-0.4, -0.2) is 35.8 Å². The summed E-state index contributed by atoms with van der Waals surface area (Å²) in [4.78, 5) is 26.1. The maximum absolute atomic E-state index is 12.9. The lowest BCUT2D eigenvalue weighted by Crippen LogP contribution is -2.44. The van der Waals surface area contributed by atoms with Gasteiger partial charge in [-0.25, -0.2) is 0 Å². The summed E-state index contributed by atoms with van der Waals surface area (Å²) in [6, 6.07) is 6.10. The molecule has 1 heterocycles. The van der Waals surface area contributed by atoms with Gasteiger partial charge in [-0.1, -0.05) is 19.9 Å². The highest BCUT2D eigenvalue weighted by molar-refractivity contribution is 5.97. The average molecular weight is 331 g/mol. The number of rotatable bonds is 5. The number of likely N-dealkylation sites (tertiary alicyclic amines) is 1. The summed E-state index contributed by atoms with van der Waals surface area (Å²) in [6.07, 6.45) is 1.59. The van der Waals surface area contributed by atoms with E-state index in [2.05, 4.69) is 26.1 Å². The quantitative estimate of drug-likeness (QED) is 0.871. The zero-order valence-electron chi connectivity index (χ0n) is 15.1. The van der Waals surface area contributed by atoms with Gasteiger partial charge in [-0.15, -0.1) is 0 Å². The number of nitrogens with two attached hydrogens (primary N) is 1. The van der Waals surface area contributed by atoms with Crippen LogP contribution in [0.2, 0.25) is 0 Å². The van der Waals surface area contributed by atoms with Crippen LogP contribution in [0.5, 0.6) is 0 Å². The Labute approximate surface area is 144 Å². The van der Waals surface area contributed by atoms with Crippen LogP contribution >= 0.6 is 0 Å². The number of benzene rings is 1. The topological polar surface area (TPSA) is 75.4 Å². The van der Waals surface area contributed by atoms with E-state index in [4.69, 9.17) is 5.73 Å². The molecular formula is C19H29N3O2. The Morgan fingerprint density at radius 2 is 2.00 bits per heavy atom. The first-order valence-electron chi connectivity index (χ1n) is 8.76. The molecule has 1 aromatic rings. The van der Waals surface area contributed by atoms with Crippen molar-refractivity contribution >= 4 is 17.5 Å². The summed E-state index contributed by atoms with van der Waals surface area (Å²) >= 11 is 0. The first-order chi connectivity index (χ1) is 11.3. The van der Waals surface area contributed by atoms with Gasteiger partial charge in [0.15, 0.2) is 0 Å². The van der Waals surface area contributed by atoms with Crippen LogP contribution in [0.15, 0.2) is 18.2 Å². The highest BCUT2D eigenvalue weighted by atomic mass is 16.2. The van der Waals surface area contributed by atoms with Crippen LogP contribution in [-0.2, 0) is 4.79 Å². The van der Waals surface area contributed by atoms with Crippen molar-refractivity contribution in [3.05, 3.63) is 29.3 Å². The third-order valence-corrected chi connectivity index (χ3v) is 5.06. The van der Waals surface area contributed by atoms with Crippen molar-refractivity contribution in [2.75, 3.05) is 18.4 Å². The molecule has 2 atom stereocenters. The molecule has 1 aliphatic heterocycles. The summed E-state index contributed by atoms with van der Waals surface area (Å²) in [6.45, 7) is 9.55. The average Bonchev–Trinajstić information content (AvgIpc) is 2.56. The monoisotopic (exact) mass is 331 g/mol. The van der Waals surface area contributed by atoms with E-state index in [1.807, 2.05) is 25.1 Å². The predicted octanol–water partition coefficient (Wildman–Crippen LogP) is 2.79. The molecule has 5 heteroatoms. The van der Waals surface area contributed by atoms with E-state index in [9.17, 15) is 9.59 Å². The number of nitrogens with zero attached hydrogens (tertiary/aromatic N) is 1. The fraction of sp³-hybridized carbons (Fsp3) is 0.579. The molecule has 132 valence electrons. The molecule has 1 aliphatic rings. The van der Waals surface area contributed by atoms with Gasteiger partial charge in [0.05, 0.1) is 5.92 Å². The minimum Gasteiger partial charge on any atom is -0.382 e. The van der Waals surface area contributed by atoms with Gasteiger partial charge in [0, 0.05) is 30.4 Å². The minimum atomic E-state index is -0.314. The normalized spacial score (nSPS) is 19.2. The van der Waals surface area contributed by atoms with Gasteiger partial charge >= 0.3 is 0 Å². The van der Waals surface area contributed by atoms with E-state index in [1.54, 1.807) is 4.90 Å². The third-order valence-electron chi connectivity index (χ3n) is 5.06. The van der Waals surface area contributed by atoms with Crippen LogP contribution in [0.25, 0.3) is 0 Å². The maximum Gasteiger partial charge on any atom is 0.254 e. The van der Waals surface area contributed by atoms with E-state index in [0.29, 0.717) is 30.6 Å². The van der Waals surface area contributed by atoms with E-state index >= 15 is 0 Å². The summed E-state index contributed by atoms with van der Waals surface area (Å²) in [5.41, 5.74) is 8.06. The van der Waals surface area contributed by atoms with E-state index in [1.165, 1.54) is 0 Å². The Balaban J connectivity index is 2.19. The van der Waals surface area contributed by atoms with Gasteiger partial charge in [0.2, 0.25) is 5.91 Å². The number of hydrogen-bond acceptors (Lipinski definition) is 3. The van der Waals surface area contributed by atoms with E-state index < -0.39 is 0 Å². The van der Waals surface area contributed by atoms with Crippen LogP contribution < -0.4 is 11.1 Å². The number of carbonyl (C=O) groups excluding carboxylic acids is 2. The smallest absolute Gasteiger partial charge is 0.254 e. The Hall–Kier alpha value is -2.04. The summed E-state index contributed by atoms with van der Waals surface area (Å²) < 4.78 is 0. The molecule has 2 unspecified atom stereocenters. The summed E-state index contributed by atoms with van der Waals surface area (Å²) in [5, 5.41) is 3.49. The lowest BCUT2D eigenvalue weighted by molar-refractivity contribution is -0.123. The van der Waals surface area contributed by atoms with Gasteiger partial charge in [-0.2, -0.15) is 0 Å². The van der Waals surface area contributed by atoms with Crippen molar-refractivity contribution in [3.8, 4) is 0 Å². The lowest BCUT2D eigenvalue weighted by atomic mass is 9.96. The highest BCUT2D eigenvalue weighted by Crippen LogP contribution is 2.24. The Morgan fingerprint density at radius 3 is 2.62 bits per heavy atom. The maximum atomic E-state index is 12.9. The predicted molar refractivity (Wildman–Crippen MR) is 96.9 cm³/mol. The van der Waals surface area contributed by atoms with Gasteiger partial charge in [-0.05, 0) is 50.3 Å². The van der Waals surface area contributed by atoms with Crippen molar-refractivity contribution in [2.24, 2.45) is 17.6 Å². The molecule has 0 saturated carbocycles. The molecule has 5 nitrogen and oxygen atoms in total. The van der Waals surface area contributed by atoms with Crippen molar-refractivity contribution in [1.82, 2.24) is 4.90 Å². The first-order valence-corrected chi connectivity index (χ1v) is 8.76. The second-order valence-corrected chi connectivity index (χ2v) is 7.15. The molecule has 0 spiro atoms. The fourth-order valence-electron chi connectivity index (χ4n) is 3.00.